The highest BCUT2D eigenvalue weighted by molar-refractivity contribution is 7.99. The molecule has 170 valence electrons. The average Bonchev–Trinajstić information content (AvgIpc) is 3.47. The summed E-state index contributed by atoms with van der Waals surface area (Å²) >= 11 is 1.30. The molecule has 3 aromatic heterocycles. The molecule has 1 amide bonds. The average molecular weight is 472 g/mol. The van der Waals surface area contributed by atoms with Crippen LogP contribution in [0.25, 0.3) is 33.5 Å². The van der Waals surface area contributed by atoms with Gasteiger partial charge in [-0.15, -0.1) is 10.2 Å². The first-order chi connectivity index (χ1) is 16.6. The van der Waals surface area contributed by atoms with Gasteiger partial charge in [-0.1, -0.05) is 65.4 Å². The molecule has 9 nitrogen and oxygen atoms in total. The summed E-state index contributed by atoms with van der Waals surface area (Å²) in [6.07, 6.45) is 0. The van der Waals surface area contributed by atoms with Crippen LogP contribution >= 0.6 is 11.8 Å². The smallest absolute Gasteiger partial charge is 0.315 e. The highest BCUT2D eigenvalue weighted by Gasteiger charge is 2.19. The molecule has 0 aliphatic heterocycles. The molecule has 0 saturated heterocycles. The van der Waals surface area contributed by atoms with Crippen LogP contribution in [0.1, 0.15) is 12.7 Å². The number of pyridine rings is 1. The molecule has 34 heavy (non-hydrogen) atoms. The fraction of sp³-hybridized carbons (Fsp3) is 0.167. The van der Waals surface area contributed by atoms with E-state index >= 15 is 0 Å². The first-order valence-corrected chi connectivity index (χ1v) is 11.7. The van der Waals surface area contributed by atoms with Crippen LogP contribution < -0.4 is 5.32 Å². The van der Waals surface area contributed by atoms with Gasteiger partial charge in [0.1, 0.15) is 0 Å². The van der Waals surface area contributed by atoms with Gasteiger partial charge in [-0.25, -0.2) is 4.98 Å². The van der Waals surface area contributed by atoms with Gasteiger partial charge in [0.05, 0.1) is 17.0 Å². The van der Waals surface area contributed by atoms with Crippen molar-refractivity contribution < 1.29 is 9.32 Å². The van der Waals surface area contributed by atoms with Crippen molar-refractivity contribution in [2.24, 2.45) is 0 Å². The molecule has 0 spiro atoms. The van der Waals surface area contributed by atoms with Crippen molar-refractivity contribution in [3.63, 3.8) is 0 Å². The third-order valence-electron chi connectivity index (χ3n) is 5.17. The molecule has 0 fully saturated rings. The van der Waals surface area contributed by atoms with Gasteiger partial charge < -0.3 is 9.09 Å². The van der Waals surface area contributed by atoms with Gasteiger partial charge >= 0.3 is 6.01 Å². The highest BCUT2D eigenvalue weighted by Crippen LogP contribution is 2.33. The van der Waals surface area contributed by atoms with Crippen molar-refractivity contribution in [1.82, 2.24) is 29.9 Å². The van der Waals surface area contributed by atoms with Crippen LogP contribution in [0.4, 0.5) is 6.01 Å². The standard InChI is InChI=1S/C24H21N7O2S/c1-3-31-22(28-29-24(31)34-14-21(32)27-23-25-15(2)30-33-23)18-13-20(16-9-5-4-6-10-16)26-19-12-8-7-11-17(18)19/h4-13H,3,14H2,1-2H3,(H,25,27,30,32). The van der Waals surface area contributed by atoms with Crippen molar-refractivity contribution in [2.75, 3.05) is 11.1 Å². The Morgan fingerprint density at radius 2 is 1.85 bits per heavy atom. The SMILES string of the molecule is CCn1c(SCC(=O)Nc2nc(C)no2)nnc1-c1cc(-c2ccccc2)nc2ccccc12. The molecule has 0 bridgehead atoms. The Kier molecular flexibility index (Phi) is 6.05. The van der Waals surface area contributed by atoms with Crippen LogP contribution in [-0.4, -0.2) is 41.5 Å². The summed E-state index contributed by atoms with van der Waals surface area (Å²) in [5.74, 6) is 1.06. The van der Waals surface area contributed by atoms with Gasteiger partial charge in [0.2, 0.25) is 5.91 Å². The number of benzene rings is 2. The van der Waals surface area contributed by atoms with Crippen molar-refractivity contribution in [2.45, 2.75) is 25.5 Å². The molecule has 0 atom stereocenters. The number of rotatable bonds is 7. The molecular formula is C24H21N7O2S. The Labute approximate surface area is 199 Å². The fourth-order valence-corrected chi connectivity index (χ4v) is 4.43. The minimum absolute atomic E-state index is 0.0810. The third kappa shape index (κ3) is 4.40. The number of aryl methyl sites for hydroxylation is 1. The lowest BCUT2D eigenvalue weighted by Gasteiger charge is -2.11. The van der Waals surface area contributed by atoms with E-state index < -0.39 is 0 Å². The second kappa shape index (κ2) is 9.44. The number of anilines is 1. The molecular weight excluding hydrogens is 450 g/mol. The molecule has 0 aliphatic rings. The van der Waals surface area contributed by atoms with E-state index in [0.29, 0.717) is 17.5 Å². The Hall–Kier alpha value is -4.05. The highest BCUT2D eigenvalue weighted by atomic mass is 32.2. The van der Waals surface area contributed by atoms with Crippen LogP contribution in [0.2, 0.25) is 0 Å². The number of carbonyl (C=O) groups excluding carboxylic acids is 1. The van der Waals surface area contributed by atoms with Crippen molar-refractivity contribution in [3.05, 3.63) is 66.5 Å². The summed E-state index contributed by atoms with van der Waals surface area (Å²) in [5, 5.41) is 16.8. The Morgan fingerprint density at radius 3 is 2.62 bits per heavy atom. The van der Waals surface area contributed by atoms with Crippen LogP contribution in [0.15, 0.2) is 70.3 Å². The largest absolute Gasteiger partial charge is 0.328 e. The molecule has 1 N–H and O–H groups in total. The van der Waals surface area contributed by atoms with Crippen LogP contribution in [-0.2, 0) is 11.3 Å². The summed E-state index contributed by atoms with van der Waals surface area (Å²) in [7, 11) is 0. The van der Waals surface area contributed by atoms with E-state index in [4.69, 9.17) is 9.51 Å². The number of nitrogens with zero attached hydrogens (tertiary/aromatic N) is 6. The summed E-state index contributed by atoms with van der Waals surface area (Å²) in [6, 6.07) is 20.2. The van der Waals surface area contributed by atoms with Crippen molar-refractivity contribution in [1.29, 1.82) is 0 Å². The zero-order valence-electron chi connectivity index (χ0n) is 18.6. The Balaban J connectivity index is 1.47. The summed E-state index contributed by atoms with van der Waals surface area (Å²) in [4.78, 5) is 21.2. The minimum atomic E-state index is -0.262. The lowest BCUT2D eigenvalue weighted by atomic mass is 10.0. The summed E-state index contributed by atoms with van der Waals surface area (Å²) < 4.78 is 6.95. The number of thioether (sulfide) groups is 1. The molecule has 3 heterocycles. The molecule has 0 aliphatic carbocycles. The van der Waals surface area contributed by atoms with E-state index in [1.54, 1.807) is 6.92 Å². The quantitative estimate of drug-likeness (QED) is 0.343. The van der Waals surface area contributed by atoms with E-state index in [2.05, 4.69) is 25.7 Å². The number of fused-ring (bicyclic) bond motifs is 1. The number of amides is 1. The molecule has 5 rings (SSSR count). The lowest BCUT2D eigenvalue weighted by Crippen LogP contribution is -2.15. The maximum Gasteiger partial charge on any atom is 0.328 e. The summed E-state index contributed by atoms with van der Waals surface area (Å²) in [5.41, 5.74) is 3.72. The predicted octanol–water partition coefficient (Wildman–Crippen LogP) is 4.60. The van der Waals surface area contributed by atoms with E-state index in [9.17, 15) is 4.79 Å². The number of aromatic nitrogens is 6. The van der Waals surface area contributed by atoms with Gasteiger partial charge in [-0.05, 0) is 26.0 Å². The second-order valence-corrected chi connectivity index (χ2v) is 8.41. The topological polar surface area (TPSA) is 112 Å². The van der Waals surface area contributed by atoms with Crippen molar-refractivity contribution in [3.8, 4) is 22.6 Å². The molecule has 2 aromatic carbocycles. The zero-order valence-corrected chi connectivity index (χ0v) is 19.4. The summed E-state index contributed by atoms with van der Waals surface area (Å²) in [6.45, 7) is 4.36. The van der Waals surface area contributed by atoms with Crippen LogP contribution in [0, 0.1) is 6.92 Å². The monoisotopic (exact) mass is 471 g/mol. The lowest BCUT2D eigenvalue weighted by molar-refractivity contribution is -0.114. The molecule has 0 radical (unpaired) electrons. The number of carbonyl (C=O) groups is 1. The van der Waals surface area contributed by atoms with E-state index in [1.807, 2.05) is 72.2 Å². The molecule has 5 aromatic rings. The van der Waals surface area contributed by atoms with E-state index in [1.165, 1.54) is 11.8 Å². The third-order valence-corrected chi connectivity index (χ3v) is 6.13. The number of nitrogens with one attached hydrogen (secondary N) is 1. The molecule has 10 heteroatoms. The number of hydrogen-bond acceptors (Lipinski definition) is 8. The first-order valence-electron chi connectivity index (χ1n) is 10.7. The normalized spacial score (nSPS) is 11.1. The van der Waals surface area contributed by atoms with Crippen LogP contribution in [0.3, 0.4) is 0 Å². The van der Waals surface area contributed by atoms with Gasteiger partial charge in [-0.3, -0.25) is 10.1 Å². The Morgan fingerprint density at radius 1 is 1.06 bits per heavy atom. The maximum atomic E-state index is 12.3. The predicted molar refractivity (Wildman–Crippen MR) is 130 cm³/mol. The number of para-hydroxylation sites is 1. The van der Waals surface area contributed by atoms with Crippen molar-refractivity contribution >= 4 is 34.6 Å². The van der Waals surface area contributed by atoms with Gasteiger partial charge in [0.25, 0.3) is 0 Å². The van der Waals surface area contributed by atoms with E-state index in [0.717, 1.165) is 33.5 Å². The number of hydrogen-bond donors (Lipinski definition) is 1. The minimum Gasteiger partial charge on any atom is -0.315 e. The first kappa shape index (κ1) is 21.8. The van der Waals surface area contributed by atoms with Gasteiger partial charge in [0.15, 0.2) is 16.8 Å². The zero-order chi connectivity index (χ0) is 23.5. The van der Waals surface area contributed by atoms with Gasteiger partial charge in [0, 0.05) is 23.1 Å². The van der Waals surface area contributed by atoms with Gasteiger partial charge in [-0.2, -0.15) is 4.98 Å². The maximum absolute atomic E-state index is 12.3. The molecule has 0 unspecified atom stereocenters. The van der Waals surface area contributed by atoms with E-state index in [-0.39, 0.29) is 17.7 Å². The fourth-order valence-electron chi connectivity index (χ4n) is 3.63. The molecule has 0 saturated carbocycles. The second-order valence-electron chi connectivity index (χ2n) is 7.47. The Bertz CT molecular complexity index is 1460. The van der Waals surface area contributed by atoms with Crippen LogP contribution in [0.5, 0.6) is 0 Å².